The van der Waals surface area contributed by atoms with E-state index in [1.54, 1.807) is 19.1 Å². The fourth-order valence-corrected chi connectivity index (χ4v) is 3.97. The first-order chi connectivity index (χ1) is 11.3. The lowest BCUT2D eigenvalue weighted by Crippen LogP contribution is -2.73. The highest BCUT2D eigenvalue weighted by molar-refractivity contribution is 5.85. The summed E-state index contributed by atoms with van der Waals surface area (Å²) in [4.78, 5) is 19.3. The van der Waals surface area contributed by atoms with Gasteiger partial charge in [-0.2, -0.15) is 0 Å². The van der Waals surface area contributed by atoms with E-state index >= 15 is 0 Å². The van der Waals surface area contributed by atoms with Gasteiger partial charge in [-0.1, -0.05) is 6.42 Å². The molecule has 132 valence electrons. The maximum absolute atomic E-state index is 13.1. The third-order valence-corrected chi connectivity index (χ3v) is 5.71. The van der Waals surface area contributed by atoms with E-state index in [2.05, 4.69) is 10.3 Å². The standard InChI is InChI=1S/C18H27N3O3/c1-12-8-13(2)20-15(24-4)14(12)9-21(3)16(22)17(6-5-7-17)18(23)10-19-11-18/h8,19,23H,5-7,9-11H2,1-4H3. The van der Waals surface area contributed by atoms with Crippen LogP contribution < -0.4 is 10.1 Å². The lowest BCUT2D eigenvalue weighted by Gasteiger charge is -2.57. The number of aromatic nitrogens is 1. The molecule has 2 fully saturated rings. The van der Waals surface area contributed by atoms with Crippen molar-refractivity contribution in [3.8, 4) is 5.88 Å². The molecule has 6 nitrogen and oxygen atoms in total. The van der Waals surface area contributed by atoms with Crippen molar-refractivity contribution in [2.45, 2.75) is 45.3 Å². The average molecular weight is 333 g/mol. The summed E-state index contributed by atoms with van der Waals surface area (Å²) in [5, 5.41) is 13.9. The SMILES string of the molecule is COc1nc(C)cc(C)c1CN(C)C(=O)C1(C2(O)CNC2)CCC1. The number of rotatable bonds is 5. The number of amides is 1. The normalized spacial score (nSPS) is 20.7. The molecule has 1 amide bonds. The van der Waals surface area contributed by atoms with Crippen LogP contribution in [0.25, 0.3) is 0 Å². The van der Waals surface area contributed by atoms with Crippen LogP contribution >= 0.6 is 0 Å². The second-order valence-corrected chi connectivity index (χ2v) is 7.30. The molecular formula is C18H27N3O3. The molecule has 1 aliphatic carbocycles. The topological polar surface area (TPSA) is 74.7 Å². The van der Waals surface area contributed by atoms with Crippen LogP contribution in [-0.2, 0) is 11.3 Å². The van der Waals surface area contributed by atoms with Crippen LogP contribution in [0.3, 0.4) is 0 Å². The third-order valence-electron chi connectivity index (χ3n) is 5.71. The smallest absolute Gasteiger partial charge is 0.231 e. The second kappa shape index (κ2) is 6.01. The van der Waals surface area contributed by atoms with E-state index in [0.717, 1.165) is 36.1 Å². The van der Waals surface area contributed by atoms with Gasteiger partial charge in [0.1, 0.15) is 5.60 Å². The number of methoxy groups -OCH3 is 1. The number of aryl methyl sites for hydroxylation is 2. The summed E-state index contributed by atoms with van der Waals surface area (Å²) in [6.45, 7) is 5.37. The van der Waals surface area contributed by atoms with Crippen LogP contribution in [0.5, 0.6) is 5.88 Å². The maximum Gasteiger partial charge on any atom is 0.231 e. The van der Waals surface area contributed by atoms with Gasteiger partial charge < -0.3 is 20.1 Å². The first-order valence-electron chi connectivity index (χ1n) is 8.53. The Morgan fingerprint density at radius 1 is 1.42 bits per heavy atom. The lowest BCUT2D eigenvalue weighted by molar-refractivity contribution is -0.187. The molecule has 0 radical (unpaired) electrons. The number of aliphatic hydroxyl groups is 1. The summed E-state index contributed by atoms with van der Waals surface area (Å²) >= 11 is 0. The molecule has 0 unspecified atom stereocenters. The maximum atomic E-state index is 13.1. The highest BCUT2D eigenvalue weighted by atomic mass is 16.5. The number of carbonyl (C=O) groups excluding carboxylic acids is 1. The molecule has 3 rings (SSSR count). The zero-order valence-corrected chi connectivity index (χ0v) is 15.0. The number of pyridine rings is 1. The van der Waals surface area contributed by atoms with Crippen LogP contribution in [0, 0.1) is 19.3 Å². The van der Waals surface area contributed by atoms with Crippen LogP contribution in [0.4, 0.5) is 0 Å². The number of β-amino-alcohol motifs (C(OH)–C–C–N with tert-alkyl or cyclic N) is 1. The monoisotopic (exact) mass is 333 g/mol. The van der Waals surface area contributed by atoms with Crippen molar-refractivity contribution in [1.29, 1.82) is 0 Å². The van der Waals surface area contributed by atoms with Gasteiger partial charge in [0.15, 0.2) is 0 Å². The summed E-state index contributed by atoms with van der Waals surface area (Å²) < 4.78 is 5.40. The van der Waals surface area contributed by atoms with Gasteiger partial charge >= 0.3 is 0 Å². The average Bonchev–Trinajstić information content (AvgIpc) is 2.46. The number of hydrogen-bond acceptors (Lipinski definition) is 5. The van der Waals surface area contributed by atoms with Gasteiger partial charge in [0, 0.05) is 31.4 Å². The van der Waals surface area contributed by atoms with Crippen molar-refractivity contribution in [2.24, 2.45) is 5.41 Å². The molecule has 2 aliphatic rings. The van der Waals surface area contributed by atoms with E-state index in [1.165, 1.54) is 0 Å². The first kappa shape index (κ1) is 17.2. The van der Waals surface area contributed by atoms with Gasteiger partial charge in [0.25, 0.3) is 0 Å². The number of nitrogens with one attached hydrogen (secondary N) is 1. The molecule has 1 aliphatic heterocycles. The lowest BCUT2D eigenvalue weighted by atomic mass is 9.55. The molecule has 2 N–H and O–H groups in total. The molecule has 1 saturated carbocycles. The van der Waals surface area contributed by atoms with Crippen molar-refractivity contribution in [3.05, 3.63) is 22.9 Å². The molecule has 0 aromatic carbocycles. The van der Waals surface area contributed by atoms with Crippen molar-refractivity contribution in [2.75, 3.05) is 27.2 Å². The van der Waals surface area contributed by atoms with Crippen LogP contribution in [0.2, 0.25) is 0 Å². The van der Waals surface area contributed by atoms with E-state index in [-0.39, 0.29) is 5.91 Å². The van der Waals surface area contributed by atoms with Crippen molar-refractivity contribution in [1.82, 2.24) is 15.2 Å². The van der Waals surface area contributed by atoms with E-state index in [0.29, 0.717) is 25.5 Å². The number of nitrogens with zero attached hydrogens (tertiary/aromatic N) is 2. The Morgan fingerprint density at radius 3 is 2.54 bits per heavy atom. The quantitative estimate of drug-likeness (QED) is 0.846. The first-order valence-corrected chi connectivity index (χ1v) is 8.53. The molecule has 0 atom stereocenters. The summed E-state index contributed by atoms with van der Waals surface area (Å²) in [5.41, 5.74) is 1.35. The Labute approximate surface area is 143 Å². The molecule has 0 spiro atoms. The minimum Gasteiger partial charge on any atom is -0.481 e. The Morgan fingerprint density at radius 2 is 2.08 bits per heavy atom. The van der Waals surface area contributed by atoms with Gasteiger partial charge in [0.05, 0.1) is 19.1 Å². The Balaban J connectivity index is 1.83. The summed E-state index contributed by atoms with van der Waals surface area (Å²) in [7, 11) is 3.40. The highest BCUT2D eigenvalue weighted by Gasteiger charge is 2.62. The summed E-state index contributed by atoms with van der Waals surface area (Å²) in [5.74, 6) is 0.596. The van der Waals surface area contributed by atoms with Crippen molar-refractivity contribution >= 4 is 5.91 Å². The van der Waals surface area contributed by atoms with Crippen LogP contribution in [-0.4, -0.2) is 53.7 Å². The molecule has 6 heteroatoms. The molecule has 0 bridgehead atoms. The second-order valence-electron chi connectivity index (χ2n) is 7.30. The van der Waals surface area contributed by atoms with Gasteiger partial charge in [-0.15, -0.1) is 0 Å². The van der Waals surface area contributed by atoms with E-state index in [4.69, 9.17) is 4.74 Å². The Bertz CT molecular complexity index is 651. The molecule has 2 heterocycles. The molecule has 1 aromatic heterocycles. The number of carbonyl (C=O) groups is 1. The van der Waals surface area contributed by atoms with Crippen LogP contribution in [0.1, 0.15) is 36.1 Å². The summed E-state index contributed by atoms with van der Waals surface area (Å²) in [6, 6.07) is 2.00. The van der Waals surface area contributed by atoms with Gasteiger partial charge in [-0.3, -0.25) is 4.79 Å². The zero-order chi connectivity index (χ0) is 17.5. The van der Waals surface area contributed by atoms with Gasteiger partial charge in [-0.25, -0.2) is 4.98 Å². The van der Waals surface area contributed by atoms with E-state index in [9.17, 15) is 9.90 Å². The fourth-order valence-electron chi connectivity index (χ4n) is 3.97. The predicted molar refractivity (Wildman–Crippen MR) is 90.8 cm³/mol. The Kier molecular flexibility index (Phi) is 4.30. The van der Waals surface area contributed by atoms with Gasteiger partial charge in [-0.05, 0) is 38.3 Å². The predicted octanol–water partition coefficient (Wildman–Crippen LogP) is 1.17. The zero-order valence-electron chi connectivity index (χ0n) is 15.0. The molecule has 24 heavy (non-hydrogen) atoms. The highest BCUT2D eigenvalue weighted by Crippen LogP contribution is 2.52. The van der Waals surface area contributed by atoms with E-state index in [1.807, 2.05) is 19.9 Å². The fraction of sp³-hybridized carbons (Fsp3) is 0.667. The molecule has 1 saturated heterocycles. The number of ether oxygens (including phenoxy) is 1. The number of hydrogen-bond donors (Lipinski definition) is 2. The van der Waals surface area contributed by atoms with Crippen molar-refractivity contribution in [3.63, 3.8) is 0 Å². The molecular weight excluding hydrogens is 306 g/mol. The largest absolute Gasteiger partial charge is 0.481 e. The Hall–Kier alpha value is -1.66. The van der Waals surface area contributed by atoms with Crippen molar-refractivity contribution < 1.29 is 14.6 Å². The molecule has 1 aromatic rings. The summed E-state index contributed by atoms with van der Waals surface area (Å²) in [6.07, 6.45) is 2.52. The van der Waals surface area contributed by atoms with Gasteiger partial charge in [0.2, 0.25) is 11.8 Å². The third kappa shape index (κ3) is 2.48. The van der Waals surface area contributed by atoms with E-state index < -0.39 is 11.0 Å². The van der Waals surface area contributed by atoms with Crippen LogP contribution in [0.15, 0.2) is 6.07 Å². The minimum absolute atomic E-state index is 0.0276. The minimum atomic E-state index is -0.902.